The van der Waals surface area contributed by atoms with E-state index in [1.165, 1.54) is 0 Å². The highest BCUT2D eigenvalue weighted by molar-refractivity contribution is 7.09. The van der Waals surface area contributed by atoms with Crippen molar-refractivity contribution >= 4 is 17.4 Å². The van der Waals surface area contributed by atoms with Crippen LogP contribution in [0.4, 0.5) is 4.79 Å². The van der Waals surface area contributed by atoms with Crippen molar-refractivity contribution in [3.63, 3.8) is 0 Å². The van der Waals surface area contributed by atoms with E-state index in [-0.39, 0.29) is 18.2 Å². The molecule has 0 spiro atoms. The van der Waals surface area contributed by atoms with Crippen LogP contribution in [-0.2, 0) is 9.47 Å². The first-order valence-electron chi connectivity index (χ1n) is 6.29. The van der Waals surface area contributed by atoms with Crippen molar-refractivity contribution in [3.05, 3.63) is 16.1 Å². The van der Waals surface area contributed by atoms with Gasteiger partial charge in [-0.15, -0.1) is 11.3 Å². The Bertz CT molecular complexity index is 467. The molecule has 106 valence electrons. The number of amides is 1. The van der Waals surface area contributed by atoms with E-state index in [2.05, 4.69) is 4.98 Å². The van der Waals surface area contributed by atoms with Crippen LogP contribution >= 0.6 is 11.3 Å². The molecule has 0 bridgehead atoms. The molecule has 1 aliphatic rings. The monoisotopic (exact) mass is 284 g/mol. The molecule has 1 amide bonds. The van der Waals surface area contributed by atoms with Crippen LogP contribution in [0.25, 0.3) is 0 Å². The topological polar surface area (TPSA) is 51.7 Å². The lowest BCUT2D eigenvalue weighted by atomic mass is 10.0. The van der Waals surface area contributed by atoms with E-state index >= 15 is 0 Å². The van der Waals surface area contributed by atoms with Gasteiger partial charge in [0.2, 0.25) is 0 Å². The van der Waals surface area contributed by atoms with Crippen molar-refractivity contribution in [2.75, 3.05) is 13.7 Å². The molecule has 1 aromatic rings. The smallest absolute Gasteiger partial charge is 0.410 e. The number of nitrogens with zero attached hydrogens (tertiary/aromatic N) is 2. The molecule has 2 atom stereocenters. The molecule has 2 heterocycles. The summed E-state index contributed by atoms with van der Waals surface area (Å²) in [4.78, 5) is 19.4. The number of hydrogen-bond acceptors (Lipinski definition) is 5. The standard InChI is InChI=1S/C13H20N2O3S/c1-8-11-10(14-7-19-11)9(17-5)6-15(8)12(16)18-13(2,3)4/h7-9H,6H2,1-5H3/t8-,9+/m0/s1. The molecule has 1 aromatic heterocycles. The Morgan fingerprint density at radius 2 is 2.21 bits per heavy atom. The Morgan fingerprint density at radius 1 is 1.53 bits per heavy atom. The number of carbonyl (C=O) groups excluding carboxylic acids is 1. The summed E-state index contributed by atoms with van der Waals surface area (Å²) in [7, 11) is 1.64. The van der Waals surface area contributed by atoms with Crippen LogP contribution in [0, 0.1) is 0 Å². The molecule has 0 fully saturated rings. The second kappa shape index (κ2) is 5.09. The van der Waals surface area contributed by atoms with E-state index in [1.807, 2.05) is 27.7 Å². The van der Waals surface area contributed by atoms with Crippen LogP contribution < -0.4 is 0 Å². The molecule has 19 heavy (non-hydrogen) atoms. The minimum Gasteiger partial charge on any atom is -0.444 e. The maximum atomic E-state index is 12.2. The summed E-state index contributed by atoms with van der Waals surface area (Å²) in [5.41, 5.74) is 2.25. The molecule has 0 aliphatic carbocycles. The molecule has 5 nitrogen and oxygen atoms in total. The largest absolute Gasteiger partial charge is 0.444 e. The van der Waals surface area contributed by atoms with Gasteiger partial charge in [-0.1, -0.05) is 0 Å². The van der Waals surface area contributed by atoms with Gasteiger partial charge in [0.15, 0.2) is 0 Å². The van der Waals surface area contributed by atoms with Gasteiger partial charge in [-0.3, -0.25) is 4.90 Å². The van der Waals surface area contributed by atoms with Crippen LogP contribution in [-0.4, -0.2) is 35.2 Å². The first-order chi connectivity index (χ1) is 8.83. The van der Waals surface area contributed by atoms with Crippen LogP contribution in [0.3, 0.4) is 0 Å². The lowest BCUT2D eigenvalue weighted by Crippen LogP contribution is -2.43. The first kappa shape index (κ1) is 14.3. The maximum Gasteiger partial charge on any atom is 0.410 e. The molecule has 0 radical (unpaired) electrons. The van der Waals surface area contributed by atoms with Crippen molar-refractivity contribution in [2.24, 2.45) is 0 Å². The highest BCUT2D eigenvalue weighted by atomic mass is 32.1. The molecular formula is C13H20N2O3S. The third-order valence-electron chi connectivity index (χ3n) is 3.05. The van der Waals surface area contributed by atoms with Crippen molar-refractivity contribution < 1.29 is 14.3 Å². The van der Waals surface area contributed by atoms with Gasteiger partial charge in [-0.05, 0) is 27.7 Å². The molecule has 0 saturated carbocycles. The Balaban J connectivity index is 2.22. The lowest BCUT2D eigenvalue weighted by Gasteiger charge is -2.37. The number of hydrogen-bond donors (Lipinski definition) is 0. The summed E-state index contributed by atoms with van der Waals surface area (Å²) < 4.78 is 10.9. The molecule has 0 aromatic carbocycles. The highest BCUT2D eigenvalue weighted by Gasteiger charge is 2.37. The highest BCUT2D eigenvalue weighted by Crippen LogP contribution is 2.38. The van der Waals surface area contributed by atoms with E-state index in [4.69, 9.17) is 9.47 Å². The minimum absolute atomic E-state index is 0.0243. The third kappa shape index (κ3) is 2.90. The molecule has 0 unspecified atom stereocenters. The first-order valence-corrected chi connectivity index (χ1v) is 7.17. The summed E-state index contributed by atoms with van der Waals surface area (Å²) in [5.74, 6) is 0. The summed E-state index contributed by atoms with van der Waals surface area (Å²) in [5, 5.41) is 0. The second-order valence-electron chi connectivity index (χ2n) is 5.63. The summed E-state index contributed by atoms with van der Waals surface area (Å²) in [6, 6.07) is -0.0243. The fourth-order valence-electron chi connectivity index (χ4n) is 2.12. The third-order valence-corrected chi connectivity index (χ3v) is 4.07. The summed E-state index contributed by atoms with van der Waals surface area (Å²) in [6.07, 6.45) is -0.480. The average molecular weight is 284 g/mol. The summed E-state index contributed by atoms with van der Waals surface area (Å²) in [6.45, 7) is 8.07. The van der Waals surface area contributed by atoms with Crippen molar-refractivity contribution in [2.45, 2.75) is 45.4 Å². The van der Waals surface area contributed by atoms with Gasteiger partial charge in [0.05, 0.1) is 28.7 Å². The summed E-state index contributed by atoms with van der Waals surface area (Å²) >= 11 is 1.55. The molecule has 1 aliphatic heterocycles. The van der Waals surface area contributed by atoms with Gasteiger partial charge in [0.1, 0.15) is 11.7 Å². The number of aromatic nitrogens is 1. The number of methoxy groups -OCH3 is 1. The zero-order valence-corrected chi connectivity index (χ0v) is 12.8. The lowest BCUT2D eigenvalue weighted by molar-refractivity contribution is -0.00900. The number of ether oxygens (including phenoxy) is 2. The minimum atomic E-state index is -0.493. The molecule has 2 rings (SSSR count). The number of fused-ring (bicyclic) bond motifs is 1. The van der Waals surface area contributed by atoms with Crippen LogP contribution in [0.2, 0.25) is 0 Å². The van der Waals surface area contributed by atoms with E-state index in [9.17, 15) is 4.79 Å². The predicted molar refractivity (Wildman–Crippen MR) is 73.2 cm³/mol. The van der Waals surface area contributed by atoms with Crippen molar-refractivity contribution in [1.29, 1.82) is 0 Å². The van der Waals surface area contributed by atoms with Crippen LogP contribution in [0.15, 0.2) is 5.51 Å². The van der Waals surface area contributed by atoms with Gasteiger partial charge in [0, 0.05) is 7.11 Å². The SMILES string of the molecule is CO[C@@H]1CN(C(=O)OC(C)(C)C)[C@@H](C)c2scnc21. The van der Waals surface area contributed by atoms with Gasteiger partial charge in [0.25, 0.3) is 0 Å². The predicted octanol–water partition coefficient (Wildman–Crippen LogP) is 3.14. The van der Waals surface area contributed by atoms with Gasteiger partial charge >= 0.3 is 6.09 Å². The second-order valence-corrected chi connectivity index (χ2v) is 6.52. The zero-order valence-electron chi connectivity index (χ0n) is 12.0. The Labute approximate surface area is 117 Å². The van der Waals surface area contributed by atoms with E-state index in [1.54, 1.807) is 28.9 Å². The number of thiazole rings is 1. The van der Waals surface area contributed by atoms with Crippen molar-refractivity contribution in [3.8, 4) is 0 Å². The number of rotatable bonds is 1. The van der Waals surface area contributed by atoms with Crippen LogP contribution in [0.1, 0.15) is 50.4 Å². The molecule has 6 heteroatoms. The normalized spacial score (nSPS) is 23.1. The van der Waals surface area contributed by atoms with Crippen molar-refractivity contribution in [1.82, 2.24) is 9.88 Å². The van der Waals surface area contributed by atoms with E-state index < -0.39 is 5.60 Å². The molecular weight excluding hydrogens is 264 g/mol. The Morgan fingerprint density at radius 3 is 2.79 bits per heavy atom. The maximum absolute atomic E-state index is 12.2. The quantitative estimate of drug-likeness (QED) is 0.795. The fraction of sp³-hybridized carbons (Fsp3) is 0.692. The van der Waals surface area contributed by atoms with E-state index in [0.717, 1.165) is 10.6 Å². The fourth-order valence-corrected chi connectivity index (χ4v) is 3.03. The van der Waals surface area contributed by atoms with E-state index in [0.29, 0.717) is 6.54 Å². The Hall–Kier alpha value is -1.14. The molecule has 0 saturated heterocycles. The van der Waals surface area contributed by atoms with Crippen LogP contribution in [0.5, 0.6) is 0 Å². The Kier molecular flexibility index (Phi) is 3.82. The van der Waals surface area contributed by atoms with Gasteiger partial charge in [-0.2, -0.15) is 0 Å². The molecule has 0 N–H and O–H groups in total. The zero-order chi connectivity index (χ0) is 14.2. The van der Waals surface area contributed by atoms with Gasteiger partial charge < -0.3 is 9.47 Å². The van der Waals surface area contributed by atoms with Gasteiger partial charge in [-0.25, -0.2) is 9.78 Å². The number of carbonyl (C=O) groups is 1. The average Bonchev–Trinajstić information content (AvgIpc) is 2.76.